The summed E-state index contributed by atoms with van der Waals surface area (Å²) >= 11 is 0. The molecule has 0 aliphatic heterocycles. The Balaban J connectivity index is 1.81. The average molecular weight is 252 g/mol. The van der Waals surface area contributed by atoms with Crippen LogP contribution in [0.15, 0.2) is 0 Å². The first-order valence-electron chi connectivity index (χ1n) is 7.16. The molecule has 1 unspecified atom stereocenters. The molecule has 0 aromatic carbocycles. The van der Waals surface area contributed by atoms with Crippen LogP contribution in [-0.4, -0.2) is 16.6 Å². The third-order valence-electron chi connectivity index (χ3n) is 5.68. The second-order valence-corrected chi connectivity index (χ2v) is 7.38. The molecule has 4 rings (SSSR count). The smallest absolute Gasteiger partial charge is 0.324 e. The van der Waals surface area contributed by atoms with Crippen LogP contribution in [0.3, 0.4) is 0 Å². The molecule has 4 fully saturated rings. The lowest BCUT2D eigenvalue weighted by atomic mass is 9.47. The highest BCUT2D eigenvalue weighted by atomic mass is 16.4. The maximum Gasteiger partial charge on any atom is 0.324 e. The summed E-state index contributed by atoms with van der Waals surface area (Å²) in [5.74, 6) is 7.25. The van der Waals surface area contributed by atoms with Gasteiger partial charge in [0.2, 0.25) is 0 Å². The van der Waals surface area contributed by atoms with Gasteiger partial charge < -0.3 is 5.11 Å². The fraction of sp³-hybridized carbons (Fsp3) is 0.929. The molecule has 1 atom stereocenters. The predicted molar refractivity (Wildman–Crippen MR) is 68.6 cm³/mol. The van der Waals surface area contributed by atoms with Crippen molar-refractivity contribution in [1.29, 1.82) is 0 Å². The van der Waals surface area contributed by atoms with Gasteiger partial charge in [-0.25, -0.2) is 5.43 Å². The van der Waals surface area contributed by atoms with Crippen molar-refractivity contribution in [3.63, 3.8) is 0 Å². The molecule has 0 radical (unpaired) electrons. The van der Waals surface area contributed by atoms with Gasteiger partial charge in [0.1, 0.15) is 5.54 Å². The lowest BCUT2D eigenvalue weighted by molar-refractivity contribution is -0.149. The van der Waals surface area contributed by atoms with Crippen LogP contribution in [0.5, 0.6) is 0 Å². The van der Waals surface area contributed by atoms with Gasteiger partial charge in [-0.1, -0.05) is 0 Å². The fourth-order valence-electron chi connectivity index (χ4n) is 5.44. The zero-order chi connectivity index (χ0) is 13.0. The molecule has 0 spiro atoms. The van der Waals surface area contributed by atoms with E-state index in [1.807, 2.05) is 0 Å². The summed E-state index contributed by atoms with van der Waals surface area (Å²) in [5, 5.41) is 9.39. The highest BCUT2D eigenvalue weighted by molar-refractivity contribution is 5.78. The summed E-state index contributed by atoms with van der Waals surface area (Å²) in [4.78, 5) is 11.4. The van der Waals surface area contributed by atoms with Gasteiger partial charge in [-0.15, -0.1) is 0 Å². The third kappa shape index (κ3) is 1.86. The van der Waals surface area contributed by atoms with Crippen LogP contribution >= 0.6 is 0 Å². The van der Waals surface area contributed by atoms with Crippen LogP contribution in [0.25, 0.3) is 0 Å². The van der Waals surface area contributed by atoms with Crippen LogP contribution in [0.2, 0.25) is 0 Å². The van der Waals surface area contributed by atoms with E-state index < -0.39 is 11.5 Å². The first-order valence-corrected chi connectivity index (χ1v) is 7.16. The third-order valence-corrected chi connectivity index (χ3v) is 5.68. The minimum Gasteiger partial charge on any atom is -0.480 e. The first kappa shape index (κ1) is 12.4. The van der Waals surface area contributed by atoms with E-state index >= 15 is 0 Å². The Hall–Kier alpha value is -0.610. The summed E-state index contributed by atoms with van der Waals surface area (Å²) in [5.41, 5.74) is 1.83. The van der Waals surface area contributed by atoms with E-state index in [-0.39, 0.29) is 5.41 Å². The summed E-state index contributed by atoms with van der Waals surface area (Å²) in [6, 6.07) is 0. The van der Waals surface area contributed by atoms with Crippen LogP contribution < -0.4 is 11.3 Å². The number of carboxylic acid groups (broad SMARTS) is 1. The Morgan fingerprint density at radius 2 is 1.72 bits per heavy atom. The van der Waals surface area contributed by atoms with Crippen LogP contribution in [0.1, 0.15) is 51.9 Å². The van der Waals surface area contributed by atoms with E-state index in [0.717, 1.165) is 17.8 Å². The molecule has 4 aliphatic rings. The molecule has 18 heavy (non-hydrogen) atoms. The fourth-order valence-corrected chi connectivity index (χ4v) is 5.44. The number of aliphatic carboxylic acids is 1. The molecule has 4 nitrogen and oxygen atoms in total. The zero-order valence-corrected chi connectivity index (χ0v) is 11.1. The topological polar surface area (TPSA) is 75.3 Å². The summed E-state index contributed by atoms with van der Waals surface area (Å²) in [7, 11) is 0. The standard InChI is InChI=1S/C14H24N2O2/c1-13(16-15,12(17)18)8-14-5-9-2-10(6-14)4-11(3-9)7-14/h9-11,16H,2-8,15H2,1H3,(H,17,18). The maximum atomic E-state index is 11.4. The van der Waals surface area contributed by atoms with Crippen LogP contribution in [-0.2, 0) is 4.79 Å². The van der Waals surface area contributed by atoms with Gasteiger partial charge in [-0.3, -0.25) is 10.6 Å². The average Bonchev–Trinajstić information content (AvgIpc) is 2.25. The van der Waals surface area contributed by atoms with Crippen molar-refractivity contribution in [1.82, 2.24) is 5.43 Å². The van der Waals surface area contributed by atoms with Gasteiger partial charge in [0.15, 0.2) is 0 Å². The number of nitrogens with one attached hydrogen (secondary N) is 1. The number of rotatable bonds is 4. The van der Waals surface area contributed by atoms with Crippen molar-refractivity contribution in [3.8, 4) is 0 Å². The monoisotopic (exact) mass is 252 g/mol. The molecular weight excluding hydrogens is 228 g/mol. The first-order chi connectivity index (χ1) is 8.45. The highest BCUT2D eigenvalue weighted by Gasteiger charge is 2.54. The van der Waals surface area contributed by atoms with Crippen molar-refractivity contribution in [2.24, 2.45) is 29.0 Å². The predicted octanol–water partition coefficient (Wildman–Crippen LogP) is 1.90. The minimum atomic E-state index is -0.967. The Bertz CT molecular complexity index is 334. The molecule has 0 aromatic rings. The zero-order valence-electron chi connectivity index (χ0n) is 11.1. The lowest BCUT2D eigenvalue weighted by Gasteiger charge is -2.58. The minimum absolute atomic E-state index is 0.244. The molecule has 102 valence electrons. The maximum absolute atomic E-state index is 11.4. The van der Waals surface area contributed by atoms with Crippen LogP contribution in [0.4, 0.5) is 0 Å². The summed E-state index contributed by atoms with van der Waals surface area (Å²) < 4.78 is 0. The molecule has 4 heteroatoms. The number of hydrogen-bond donors (Lipinski definition) is 3. The summed E-state index contributed by atoms with van der Waals surface area (Å²) in [6.45, 7) is 1.73. The number of hydrogen-bond acceptors (Lipinski definition) is 3. The number of carbonyl (C=O) groups is 1. The molecule has 4 saturated carbocycles. The van der Waals surface area contributed by atoms with Crippen molar-refractivity contribution < 1.29 is 9.90 Å². The second kappa shape index (κ2) is 3.94. The van der Waals surface area contributed by atoms with Gasteiger partial charge in [0.05, 0.1) is 0 Å². The second-order valence-electron chi connectivity index (χ2n) is 7.38. The Kier molecular flexibility index (Phi) is 2.72. The quantitative estimate of drug-likeness (QED) is 0.527. The van der Waals surface area contributed by atoms with Gasteiger partial charge in [0.25, 0.3) is 0 Å². The highest BCUT2D eigenvalue weighted by Crippen LogP contribution is 2.62. The van der Waals surface area contributed by atoms with E-state index in [2.05, 4.69) is 5.43 Å². The SMILES string of the molecule is CC(CC12CC3CC(CC(C3)C1)C2)(NN)C(=O)O. The molecule has 0 amide bonds. The van der Waals surface area contributed by atoms with E-state index in [1.165, 1.54) is 38.5 Å². The summed E-state index contributed by atoms with van der Waals surface area (Å²) in [6.07, 6.45) is 8.53. The van der Waals surface area contributed by atoms with E-state index in [0.29, 0.717) is 6.42 Å². The normalized spacial score (nSPS) is 44.9. The Morgan fingerprint density at radius 3 is 2.06 bits per heavy atom. The lowest BCUT2D eigenvalue weighted by Crippen LogP contribution is -2.58. The number of carboxylic acids is 1. The van der Waals surface area contributed by atoms with Crippen LogP contribution in [0, 0.1) is 23.2 Å². The molecular formula is C14H24N2O2. The van der Waals surface area contributed by atoms with Gasteiger partial charge in [-0.05, 0) is 75.0 Å². The van der Waals surface area contributed by atoms with E-state index in [9.17, 15) is 9.90 Å². The van der Waals surface area contributed by atoms with E-state index in [4.69, 9.17) is 5.84 Å². The van der Waals surface area contributed by atoms with Crippen molar-refractivity contribution in [2.75, 3.05) is 0 Å². The molecule has 4 bridgehead atoms. The van der Waals surface area contributed by atoms with Crippen molar-refractivity contribution in [2.45, 2.75) is 57.4 Å². The Morgan fingerprint density at radius 1 is 1.28 bits per heavy atom. The Labute approximate surface area is 108 Å². The molecule has 4 aliphatic carbocycles. The van der Waals surface area contributed by atoms with E-state index in [1.54, 1.807) is 6.92 Å². The number of hydrazine groups is 1. The van der Waals surface area contributed by atoms with Gasteiger partial charge >= 0.3 is 5.97 Å². The largest absolute Gasteiger partial charge is 0.480 e. The number of nitrogens with two attached hydrogens (primary N) is 1. The van der Waals surface area contributed by atoms with Crippen molar-refractivity contribution >= 4 is 5.97 Å². The van der Waals surface area contributed by atoms with Gasteiger partial charge in [0, 0.05) is 0 Å². The molecule has 0 aromatic heterocycles. The molecule has 0 saturated heterocycles. The van der Waals surface area contributed by atoms with Gasteiger partial charge in [-0.2, -0.15) is 0 Å². The van der Waals surface area contributed by atoms with Crippen molar-refractivity contribution in [3.05, 3.63) is 0 Å². The molecule has 0 heterocycles. The molecule has 4 N–H and O–H groups in total.